The molecule has 0 amide bonds. The molecule has 158 valence electrons. The van der Waals surface area contributed by atoms with E-state index in [1.54, 1.807) is 7.05 Å². The van der Waals surface area contributed by atoms with E-state index < -0.39 is 12.7 Å². The van der Waals surface area contributed by atoms with E-state index in [1.807, 2.05) is 0 Å². The molecule has 0 aromatic carbocycles. The van der Waals surface area contributed by atoms with E-state index in [1.165, 1.54) is 37.0 Å². The molecule has 1 aliphatic carbocycles. The van der Waals surface area contributed by atoms with E-state index in [0.29, 0.717) is 31.6 Å². The summed E-state index contributed by atoms with van der Waals surface area (Å²) in [7, 11) is 1.69. The van der Waals surface area contributed by atoms with Gasteiger partial charge in [-0.25, -0.2) is 0 Å². The maximum Gasteiger partial charge on any atom is 0.401 e. The summed E-state index contributed by atoms with van der Waals surface area (Å²) in [5, 5.41) is 6.49. The highest BCUT2D eigenvalue weighted by molar-refractivity contribution is 5.79. The fourth-order valence-electron chi connectivity index (χ4n) is 3.83. The predicted molar refractivity (Wildman–Crippen MR) is 102 cm³/mol. The van der Waals surface area contributed by atoms with E-state index in [4.69, 9.17) is 4.74 Å². The minimum absolute atomic E-state index is 0.0162. The third-order valence-corrected chi connectivity index (χ3v) is 5.26. The zero-order chi connectivity index (χ0) is 19.5. The number of unbranched alkanes of at least 4 members (excludes halogenated alkanes) is 2. The summed E-state index contributed by atoms with van der Waals surface area (Å²) in [6, 6.07) is 0.0162. The van der Waals surface area contributed by atoms with Crippen LogP contribution in [0, 0.1) is 0 Å². The first-order valence-electron chi connectivity index (χ1n) is 10.3. The maximum atomic E-state index is 12.5. The summed E-state index contributed by atoms with van der Waals surface area (Å²) in [6.45, 7) is 1.69. The van der Waals surface area contributed by atoms with Gasteiger partial charge in [0.15, 0.2) is 5.96 Å². The summed E-state index contributed by atoms with van der Waals surface area (Å²) in [4.78, 5) is 5.62. The van der Waals surface area contributed by atoms with Gasteiger partial charge in [-0.2, -0.15) is 13.2 Å². The van der Waals surface area contributed by atoms with Crippen molar-refractivity contribution in [2.45, 2.75) is 76.1 Å². The molecule has 0 radical (unpaired) electrons. The number of guanidine groups is 1. The van der Waals surface area contributed by atoms with Crippen LogP contribution in [0.3, 0.4) is 0 Å². The first kappa shape index (κ1) is 22.3. The average molecular weight is 393 g/mol. The van der Waals surface area contributed by atoms with Crippen LogP contribution in [0.25, 0.3) is 0 Å². The van der Waals surface area contributed by atoms with Gasteiger partial charge in [-0.05, 0) is 38.5 Å². The van der Waals surface area contributed by atoms with Gasteiger partial charge in [0.05, 0.1) is 12.6 Å². The lowest BCUT2D eigenvalue weighted by Crippen LogP contribution is -2.45. The Hall–Kier alpha value is -1.02. The van der Waals surface area contributed by atoms with Crippen LogP contribution in [-0.2, 0) is 4.74 Å². The number of aliphatic imine (C=N–C) groups is 1. The third kappa shape index (κ3) is 9.65. The number of nitrogens with one attached hydrogen (secondary N) is 2. The lowest BCUT2D eigenvalue weighted by Gasteiger charge is -2.22. The van der Waals surface area contributed by atoms with Crippen molar-refractivity contribution in [1.29, 1.82) is 0 Å². The van der Waals surface area contributed by atoms with Gasteiger partial charge in [-0.1, -0.05) is 19.3 Å². The normalized spacial score (nSPS) is 23.0. The molecule has 0 aromatic heterocycles. The van der Waals surface area contributed by atoms with Crippen molar-refractivity contribution in [2.75, 3.05) is 39.8 Å². The quantitative estimate of drug-likeness (QED) is 0.359. The zero-order valence-corrected chi connectivity index (χ0v) is 16.5. The fourth-order valence-corrected chi connectivity index (χ4v) is 3.83. The molecule has 8 heteroatoms. The molecule has 1 atom stereocenters. The van der Waals surface area contributed by atoms with Crippen molar-refractivity contribution < 1.29 is 17.9 Å². The van der Waals surface area contributed by atoms with Gasteiger partial charge in [-0.3, -0.25) is 9.89 Å². The molecule has 1 saturated carbocycles. The second-order valence-corrected chi connectivity index (χ2v) is 7.67. The van der Waals surface area contributed by atoms with E-state index in [-0.39, 0.29) is 6.04 Å². The predicted octanol–water partition coefficient (Wildman–Crippen LogP) is 3.31. The van der Waals surface area contributed by atoms with Gasteiger partial charge in [0.1, 0.15) is 0 Å². The van der Waals surface area contributed by atoms with E-state index in [0.717, 1.165) is 32.4 Å². The van der Waals surface area contributed by atoms with Crippen LogP contribution in [0.15, 0.2) is 4.99 Å². The Morgan fingerprint density at radius 1 is 1.11 bits per heavy atom. The largest absolute Gasteiger partial charge is 0.401 e. The molecule has 2 fully saturated rings. The second-order valence-electron chi connectivity index (χ2n) is 7.67. The Balaban J connectivity index is 1.49. The monoisotopic (exact) mass is 392 g/mol. The number of likely N-dealkylation sites (tertiary alicyclic amines) is 1. The molecule has 1 heterocycles. The molecule has 0 spiro atoms. The van der Waals surface area contributed by atoms with Gasteiger partial charge in [0.2, 0.25) is 0 Å². The fraction of sp³-hybridized carbons (Fsp3) is 0.947. The maximum absolute atomic E-state index is 12.5. The van der Waals surface area contributed by atoms with Gasteiger partial charge < -0.3 is 15.4 Å². The highest BCUT2D eigenvalue weighted by Crippen LogP contribution is 2.21. The van der Waals surface area contributed by atoms with Crippen LogP contribution in [-0.4, -0.2) is 69.0 Å². The van der Waals surface area contributed by atoms with Gasteiger partial charge in [0, 0.05) is 39.3 Å². The minimum Gasteiger partial charge on any atom is -0.378 e. The lowest BCUT2D eigenvalue weighted by molar-refractivity contribution is -0.143. The first-order valence-corrected chi connectivity index (χ1v) is 10.3. The van der Waals surface area contributed by atoms with Crippen LogP contribution in [0.4, 0.5) is 13.2 Å². The number of hydrogen-bond donors (Lipinski definition) is 2. The molecule has 2 aliphatic rings. The highest BCUT2D eigenvalue weighted by Gasteiger charge is 2.34. The van der Waals surface area contributed by atoms with Gasteiger partial charge in [0.25, 0.3) is 0 Å². The molecular formula is C19H35F3N4O. The Bertz CT molecular complexity index is 439. The van der Waals surface area contributed by atoms with Crippen LogP contribution in [0.2, 0.25) is 0 Å². The molecule has 5 nitrogen and oxygen atoms in total. The Morgan fingerprint density at radius 3 is 2.59 bits per heavy atom. The minimum atomic E-state index is -4.13. The van der Waals surface area contributed by atoms with Crippen molar-refractivity contribution in [1.82, 2.24) is 15.5 Å². The summed E-state index contributed by atoms with van der Waals surface area (Å²) >= 11 is 0. The Labute approximate surface area is 161 Å². The number of ether oxygens (including phenoxy) is 1. The Morgan fingerprint density at radius 2 is 1.89 bits per heavy atom. The SMILES string of the molecule is CN=C(NCCCCCOC1CCCCC1)NC1CCN(CC(F)(F)F)C1. The standard InChI is InChI=1S/C19H35F3N4O/c1-23-18(25-16-10-12-26(14-16)15-19(20,21)22)24-11-6-3-7-13-27-17-8-4-2-5-9-17/h16-17H,2-15H2,1H3,(H2,23,24,25). The lowest BCUT2D eigenvalue weighted by atomic mass is 9.98. The molecular weight excluding hydrogens is 357 g/mol. The van der Waals surface area contributed by atoms with Crippen molar-refractivity contribution in [3.8, 4) is 0 Å². The summed E-state index contributed by atoms with van der Waals surface area (Å²) < 4.78 is 43.3. The third-order valence-electron chi connectivity index (χ3n) is 5.26. The smallest absolute Gasteiger partial charge is 0.378 e. The molecule has 0 aromatic rings. The van der Waals surface area contributed by atoms with E-state index in [9.17, 15) is 13.2 Å². The van der Waals surface area contributed by atoms with Crippen molar-refractivity contribution in [3.05, 3.63) is 0 Å². The zero-order valence-electron chi connectivity index (χ0n) is 16.5. The van der Waals surface area contributed by atoms with E-state index in [2.05, 4.69) is 15.6 Å². The van der Waals surface area contributed by atoms with Crippen LogP contribution < -0.4 is 10.6 Å². The molecule has 27 heavy (non-hydrogen) atoms. The molecule has 1 unspecified atom stereocenters. The van der Waals surface area contributed by atoms with Crippen molar-refractivity contribution in [3.63, 3.8) is 0 Å². The van der Waals surface area contributed by atoms with Crippen LogP contribution in [0.5, 0.6) is 0 Å². The topological polar surface area (TPSA) is 48.9 Å². The van der Waals surface area contributed by atoms with Gasteiger partial charge in [-0.15, -0.1) is 0 Å². The number of rotatable bonds is 9. The average Bonchev–Trinajstić information content (AvgIpc) is 3.05. The van der Waals surface area contributed by atoms with Crippen LogP contribution >= 0.6 is 0 Å². The van der Waals surface area contributed by atoms with Gasteiger partial charge >= 0.3 is 6.18 Å². The number of halogens is 3. The Kier molecular flexibility index (Phi) is 9.68. The number of alkyl halides is 3. The summed E-state index contributed by atoms with van der Waals surface area (Å²) in [6.07, 6.45) is 6.62. The molecule has 1 saturated heterocycles. The van der Waals surface area contributed by atoms with Crippen LogP contribution in [0.1, 0.15) is 57.8 Å². The van der Waals surface area contributed by atoms with E-state index >= 15 is 0 Å². The highest BCUT2D eigenvalue weighted by atomic mass is 19.4. The summed E-state index contributed by atoms with van der Waals surface area (Å²) in [5.74, 6) is 0.673. The molecule has 1 aliphatic heterocycles. The molecule has 0 bridgehead atoms. The second kappa shape index (κ2) is 11.7. The number of nitrogens with zero attached hydrogens (tertiary/aromatic N) is 2. The molecule has 2 N–H and O–H groups in total. The number of hydrogen-bond acceptors (Lipinski definition) is 3. The molecule has 2 rings (SSSR count). The summed E-state index contributed by atoms with van der Waals surface area (Å²) in [5.41, 5.74) is 0. The first-order chi connectivity index (χ1) is 13.0. The van der Waals surface area contributed by atoms with Crippen molar-refractivity contribution in [2.24, 2.45) is 4.99 Å². The van der Waals surface area contributed by atoms with Crippen molar-refractivity contribution >= 4 is 5.96 Å².